The summed E-state index contributed by atoms with van der Waals surface area (Å²) in [6, 6.07) is 41.2. The largest absolute Gasteiger partial charge is 2.00 e. The van der Waals surface area contributed by atoms with Crippen LogP contribution in [0.5, 0.6) is 0 Å². The monoisotopic (exact) mass is 548 g/mol. The van der Waals surface area contributed by atoms with Crippen LogP contribution in [0.1, 0.15) is 0 Å². The van der Waals surface area contributed by atoms with Gasteiger partial charge in [-0.05, 0) is 10.6 Å². The average Bonchev–Trinajstić information content (AvgIpc) is 3.43. The van der Waals surface area contributed by atoms with Gasteiger partial charge in [-0.15, -0.1) is 0 Å². The normalized spacial score (nSPS) is 8.52. The molecule has 0 spiro atoms. The van der Waals surface area contributed by atoms with Crippen molar-refractivity contribution in [3.63, 3.8) is 0 Å². The van der Waals surface area contributed by atoms with Crippen molar-refractivity contribution >= 4 is 38.2 Å². The maximum absolute atomic E-state index is 4.81. The summed E-state index contributed by atoms with van der Waals surface area (Å²) in [6.45, 7) is 0. The summed E-state index contributed by atoms with van der Waals surface area (Å²) in [4.78, 5) is 0. The van der Waals surface area contributed by atoms with Crippen LogP contribution in [0.25, 0.3) is 0 Å². The Morgan fingerprint density at radius 2 is 0.852 bits per heavy atom. The summed E-state index contributed by atoms with van der Waals surface area (Å²) in [5, 5.41) is 2.79. The Balaban J connectivity index is 0.000000400. The molecule has 0 aliphatic heterocycles. The van der Waals surface area contributed by atoms with E-state index in [1.54, 1.807) is 0 Å². The van der Waals surface area contributed by atoms with E-state index in [1.165, 1.54) is 10.6 Å². The standard InChI is InChI=1S/C12H11P.2C5H5.2ClH.Fe.Pd/c1-3-7-11(8-4-1)13-12-9-5-2-6-10-12;2*1-2-4-5-3-1;;;;/h1-10,13H;2*1-5H;2*1H;;/q;2*-1;;;2*+2/p-2. The molecular weight excluding hydrogens is 528 g/mol. The molecule has 0 aromatic heterocycles. The van der Waals surface area contributed by atoms with Gasteiger partial charge in [0.25, 0.3) is 0 Å². The van der Waals surface area contributed by atoms with Gasteiger partial charge in [0.05, 0.1) is 0 Å². The van der Waals surface area contributed by atoms with Gasteiger partial charge in [0, 0.05) is 0 Å². The first-order chi connectivity index (χ1) is 12.9. The molecule has 0 unspecified atom stereocenters. The van der Waals surface area contributed by atoms with E-state index in [-0.39, 0.29) is 33.0 Å². The van der Waals surface area contributed by atoms with E-state index in [1.807, 2.05) is 60.7 Å². The van der Waals surface area contributed by atoms with Crippen molar-refractivity contribution in [2.75, 3.05) is 0 Å². The molecular formula is C22H21Cl2FePPd. The van der Waals surface area contributed by atoms with Crippen molar-refractivity contribution in [2.24, 2.45) is 0 Å². The van der Waals surface area contributed by atoms with Gasteiger partial charge in [0.15, 0.2) is 0 Å². The third kappa shape index (κ3) is 16.0. The molecule has 0 saturated heterocycles. The molecule has 4 aromatic rings. The minimum atomic E-state index is -0.106. The second kappa shape index (κ2) is 20.1. The zero-order valence-corrected chi connectivity index (χ0v) is 19.6. The fourth-order valence-corrected chi connectivity index (χ4v) is 2.90. The third-order valence-electron chi connectivity index (χ3n) is 2.95. The van der Waals surface area contributed by atoms with Crippen molar-refractivity contribution in [1.29, 1.82) is 0 Å². The average molecular weight is 550 g/mol. The second-order valence-electron chi connectivity index (χ2n) is 4.83. The van der Waals surface area contributed by atoms with Crippen LogP contribution in [0.3, 0.4) is 0 Å². The molecule has 0 saturated carbocycles. The van der Waals surface area contributed by atoms with E-state index in [2.05, 4.69) is 60.7 Å². The van der Waals surface area contributed by atoms with Crippen LogP contribution in [-0.4, -0.2) is 0 Å². The van der Waals surface area contributed by atoms with Crippen molar-refractivity contribution in [3.05, 3.63) is 121 Å². The molecule has 4 aromatic carbocycles. The van der Waals surface area contributed by atoms with Crippen LogP contribution in [0.4, 0.5) is 0 Å². The number of halogens is 2. The maximum atomic E-state index is 4.81. The number of hydrogen-bond donors (Lipinski definition) is 0. The molecule has 27 heavy (non-hydrogen) atoms. The van der Waals surface area contributed by atoms with E-state index in [0.717, 1.165) is 8.58 Å². The summed E-state index contributed by atoms with van der Waals surface area (Å²) in [5.74, 6) is 0. The summed E-state index contributed by atoms with van der Waals surface area (Å²) >= 11 is -0.106. The van der Waals surface area contributed by atoms with Crippen LogP contribution < -0.4 is 10.6 Å². The molecule has 0 fully saturated rings. The summed E-state index contributed by atoms with van der Waals surface area (Å²) in [6.07, 6.45) is 0. The van der Waals surface area contributed by atoms with E-state index in [9.17, 15) is 0 Å². The van der Waals surface area contributed by atoms with Gasteiger partial charge in [-0.1, -0.05) is 69.2 Å². The smallest absolute Gasteiger partial charge is 0.214 e. The Morgan fingerprint density at radius 1 is 0.556 bits per heavy atom. The number of hydrogen-bond acceptors (Lipinski definition) is 0. The molecule has 146 valence electrons. The molecule has 0 heterocycles. The molecule has 0 amide bonds. The van der Waals surface area contributed by atoms with E-state index in [4.69, 9.17) is 19.1 Å². The molecule has 0 radical (unpaired) electrons. The first-order valence-corrected chi connectivity index (χ1v) is 12.9. The second-order valence-corrected chi connectivity index (χ2v) is 8.59. The van der Waals surface area contributed by atoms with Crippen molar-refractivity contribution < 1.29 is 33.0 Å². The van der Waals surface area contributed by atoms with Gasteiger partial charge in [-0.3, -0.25) is 0 Å². The molecule has 0 atom stereocenters. The minimum Gasteiger partial charge on any atom is -0.214 e. The first-order valence-electron chi connectivity index (χ1n) is 7.89. The summed E-state index contributed by atoms with van der Waals surface area (Å²) in [7, 11) is 10.4. The Morgan fingerprint density at radius 3 is 1.07 bits per heavy atom. The Labute approximate surface area is 191 Å². The minimum absolute atomic E-state index is 0. The molecule has 0 bridgehead atoms. The van der Waals surface area contributed by atoms with Gasteiger partial charge < -0.3 is 0 Å². The van der Waals surface area contributed by atoms with Crippen molar-refractivity contribution in [1.82, 2.24) is 0 Å². The quantitative estimate of drug-likeness (QED) is 0.152. The van der Waals surface area contributed by atoms with E-state index >= 15 is 0 Å². The van der Waals surface area contributed by atoms with Crippen LogP contribution in [0, 0.1) is 0 Å². The third-order valence-corrected chi connectivity index (χ3v) is 4.19. The number of rotatable bonds is 2. The molecule has 0 aliphatic rings. The van der Waals surface area contributed by atoms with Gasteiger partial charge in [-0.25, -0.2) is 24.3 Å². The number of benzene rings is 2. The molecule has 0 N–H and O–H groups in total. The predicted octanol–water partition coefficient (Wildman–Crippen LogP) is 6.50. The fourth-order valence-electron chi connectivity index (χ4n) is 1.85. The van der Waals surface area contributed by atoms with Gasteiger partial charge in [0.2, 0.25) is 0 Å². The van der Waals surface area contributed by atoms with Crippen LogP contribution in [0.2, 0.25) is 0 Å². The zero-order valence-electron chi connectivity index (χ0n) is 14.5. The summed E-state index contributed by atoms with van der Waals surface area (Å²) in [5.41, 5.74) is 0. The SMILES string of the molecule is [Cl][Pd][Cl].[Fe+2].c1cc[cH-]c1.c1cc[cH-]c1.c1ccc(Pc2ccccc2)cc1. The van der Waals surface area contributed by atoms with Crippen LogP contribution in [-0.2, 0) is 33.0 Å². The maximum Gasteiger partial charge on any atom is 2.00 e. The molecule has 0 nitrogen and oxygen atoms in total. The van der Waals surface area contributed by atoms with E-state index < -0.39 is 0 Å². The van der Waals surface area contributed by atoms with Crippen molar-refractivity contribution in [3.8, 4) is 0 Å². The van der Waals surface area contributed by atoms with Crippen LogP contribution >= 0.6 is 27.6 Å². The molecule has 5 heteroatoms. The van der Waals surface area contributed by atoms with Gasteiger partial charge in [0.1, 0.15) is 0 Å². The van der Waals surface area contributed by atoms with Gasteiger partial charge in [-0.2, -0.15) is 36.4 Å². The molecule has 0 aliphatic carbocycles. The Bertz CT molecular complexity index is 619. The molecule has 4 rings (SSSR count). The predicted molar refractivity (Wildman–Crippen MR) is 116 cm³/mol. The van der Waals surface area contributed by atoms with Gasteiger partial charge >= 0.3 is 52.1 Å². The fraction of sp³-hybridized carbons (Fsp3) is 0. The van der Waals surface area contributed by atoms with E-state index in [0.29, 0.717) is 0 Å². The van der Waals surface area contributed by atoms with Crippen molar-refractivity contribution in [2.45, 2.75) is 0 Å². The first kappa shape index (κ1) is 26.3. The van der Waals surface area contributed by atoms with Crippen LogP contribution in [0.15, 0.2) is 121 Å². The Kier molecular flexibility index (Phi) is 19.6. The summed E-state index contributed by atoms with van der Waals surface area (Å²) < 4.78 is 0. The Hall–Kier alpha value is -0.668. The zero-order chi connectivity index (χ0) is 18.7. The topological polar surface area (TPSA) is 0 Å².